The van der Waals surface area contributed by atoms with Crippen LogP contribution in [0.15, 0.2) is 121 Å². The summed E-state index contributed by atoms with van der Waals surface area (Å²) in [7, 11) is 2.56. The van der Waals surface area contributed by atoms with Gasteiger partial charge >= 0.3 is 11.9 Å². The fourth-order valence-corrected chi connectivity index (χ4v) is 13.4. The van der Waals surface area contributed by atoms with Gasteiger partial charge in [0.2, 0.25) is 11.8 Å². The van der Waals surface area contributed by atoms with E-state index in [1.54, 1.807) is 48.5 Å². The summed E-state index contributed by atoms with van der Waals surface area (Å²) in [5.74, 6) is -3.54. The first-order chi connectivity index (χ1) is 53.5. The molecule has 0 saturated heterocycles. The number of nitrogens with zero attached hydrogens (tertiary/aromatic N) is 2. The molecular formula is C84H106N16O10. The Morgan fingerprint density at radius 2 is 0.555 bits per heavy atom. The normalized spacial score (nSPS) is 12.7. The van der Waals surface area contributed by atoms with Gasteiger partial charge in [-0.1, -0.05) is 61.4 Å². The van der Waals surface area contributed by atoms with Crippen molar-refractivity contribution in [1.29, 1.82) is 0 Å². The van der Waals surface area contributed by atoms with Crippen molar-refractivity contribution < 1.29 is 47.8 Å². The number of unbranched alkanes of at least 4 members (excludes halogenated alkanes) is 8. The number of hydrogen-bond acceptors (Lipinski definition) is 18. The first-order valence-electron chi connectivity index (χ1n) is 38.3. The number of methoxy groups -OCH3 is 2. The summed E-state index contributed by atoms with van der Waals surface area (Å²) in [4.78, 5) is 128. The average Bonchev–Trinajstić information content (AvgIpc) is 1.61. The number of carbonyl (C=O) groups excluding carboxylic acids is 8. The number of hydrogen-bond donors (Lipinski definition) is 14. The van der Waals surface area contributed by atoms with Crippen molar-refractivity contribution in [3.63, 3.8) is 0 Å². The van der Waals surface area contributed by atoms with Gasteiger partial charge in [-0.3, -0.25) is 28.8 Å². The molecule has 582 valence electrons. The van der Waals surface area contributed by atoms with Crippen LogP contribution in [0.4, 0.5) is 0 Å². The van der Waals surface area contributed by atoms with Gasteiger partial charge in [-0.25, -0.2) is 19.6 Å². The van der Waals surface area contributed by atoms with Crippen LogP contribution in [0.5, 0.6) is 0 Å². The minimum absolute atomic E-state index is 0.279. The van der Waals surface area contributed by atoms with E-state index in [9.17, 15) is 38.4 Å². The summed E-state index contributed by atoms with van der Waals surface area (Å²) in [6.45, 7) is 3.76. The van der Waals surface area contributed by atoms with Gasteiger partial charge in [-0.05, 0) is 261 Å². The van der Waals surface area contributed by atoms with Gasteiger partial charge in [0.15, 0.2) is 0 Å². The zero-order valence-electron chi connectivity index (χ0n) is 63.0. The van der Waals surface area contributed by atoms with Crippen LogP contribution in [0, 0.1) is 0 Å². The lowest BCUT2D eigenvalue weighted by atomic mass is 10.0. The van der Waals surface area contributed by atoms with Gasteiger partial charge in [0, 0.05) is 79.7 Å². The molecule has 4 atom stereocenters. The first kappa shape index (κ1) is 83.0. The molecule has 0 unspecified atom stereocenters. The monoisotopic (exact) mass is 1500 g/mol. The number of fused-ring (bicyclic) bond motifs is 8. The highest BCUT2D eigenvalue weighted by atomic mass is 16.5. The fourth-order valence-electron chi connectivity index (χ4n) is 13.4. The van der Waals surface area contributed by atoms with Crippen LogP contribution >= 0.6 is 0 Å². The molecule has 6 amide bonds. The summed E-state index contributed by atoms with van der Waals surface area (Å²) in [5, 5.41) is 17.7. The molecule has 3 aromatic heterocycles. The van der Waals surface area contributed by atoms with Gasteiger partial charge in [-0.2, -0.15) is 0 Å². The second kappa shape index (κ2) is 42.7. The predicted octanol–water partition coefficient (Wildman–Crippen LogP) is 9.07. The Morgan fingerprint density at radius 1 is 0.318 bits per heavy atom. The Bertz CT molecular complexity index is 4250. The van der Waals surface area contributed by atoms with Crippen molar-refractivity contribution in [3.05, 3.63) is 166 Å². The van der Waals surface area contributed by atoms with E-state index in [1.807, 2.05) is 97.1 Å². The Kier molecular flexibility index (Phi) is 32.2. The minimum Gasteiger partial charge on any atom is -0.467 e. The van der Waals surface area contributed by atoms with Crippen LogP contribution in [0.3, 0.4) is 0 Å². The van der Waals surface area contributed by atoms with Gasteiger partial charge < -0.3 is 85.7 Å². The van der Waals surface area contributed by atoms with Crippen LogP contribution in [0.1, 0.15) is 180 Å². The van der Waals surface area contributed by atoms with Gasteiger partial charge in [-0.15, -0.1) is 0 Å². The molecule has 0 spiro atoms. The van der Waals surface area contributed by atoms with Crippen LogP contribution in [0.2, 0.25) is 0 Å². The molecule has 8 bridgehead atoms. The number of rotatable bonds is 42. The van der Waals surface area contributed by atoms with E-state index in [4.69, 9.17) is 53.8 Å². The number of carbonyl (C=O) groups is 8. The Labute approximate surface area is 641 Å². The summed E-state index contributed by atoms with van der Waals surface area (Å²) >= 11 is 0. The van der Waals surface area contributed by atoms with Crippen LogP contribution in [-0.4, -0.2) is 158 Å². The molecule has 4 aromatic carbocycles. The summed E-state index contributed by atoms with van der Waals surface area (Å²) in [6, 6.07) is 32.5. The van der Waals surface area contributed by atoms with Gasteiger partial charge in [0.1, 0.15) is 24.2 Å². The molecule has 0 saturated carbocycles. The van der Waals surface area contributed by atoms with E-state index < -0.39 is 59.7 Å². The maximum absolute atomic E-state index is 14.3. The molecule has 110 heavy (non-hydrogen) atoms. The zero-order chi connectivity index (χ0) is 78.3. The molecular weight excluding hydrogens is 1390 g/mol. The summed E-state index contributed by atoms with van der Waals surface area (Å²) in [5.41, 5.74) is 45.7. The van der Waals surface area contributed by atoms with Crippen LogP contribution in [-0.2, 0) is 28.7 Å². The number of nitrogens with two attached hydrogens (primary N) is 6. The Balaban J connectivity index is 1.23. The smallest absolute Gasteiger partial charge is 0.328 e. The van der Waals surface area contributed by atoms with Crippen molar-refractivity contribution in [2.75, 3.05) is 66.6 Å². The van der Waals surface area contributed by atoms with E-state index >= 15 is 0 Å². The van der Waals surface area contributed by atoms with Crippen LogP contribution in [0.25, 0.3) is 90.9 Å². The number of aromatic nitrogens is 4. The summed E-state index contributed by atoms with van der Waals surface area (Å²) < 4.78 is 10.1. The largest absolute Gasteiger partial charge is 0.467 e. The number of aromatic amines is 2. The summed E-state index contributed by atoms with van der Waals surface area (Å²) in [6.07, 6.45) is 19.1. The number of nitrogens with one attached hydrogen (secondary N) is 8. The lowest BCUT2D eigenvalue weighted by Crippen LogP contribution is -2.47. The van der Waals surface area contributed by atoms with Gasteiger partial charge in [0.25, 0.3) is 23.6 Å². The highest BCUT2D eigenvalue weighted by Crippen LogP contribution is 2.39. The molecule has 5 heterocycles. The van der Waals surface area contributed by atoms with E-state index in [2.05, 4.69) is 41.9 Å². The average molecular weight is 1500 g/mol. The number of amides is 6. The third-order valence-corrected chi connectivity index (χ3v) is 19.5. The van der Waals surface area contributed by atoms with Crippen LogP contribution < -0.4 is 66.3 Å². The van der Waals surface area contributed by atoms with E-state index in [-0.39, 0.29) is 22.9 Å². The first-order valence-corrected chi connectivity index (χ1v) is 38.3. The molecule has 0 aliphatic carbocycles. The molecule has 26 heteroatoms. The molecule has 9 rings (SSSR count). The lowest BCUT2D eigenvalue weighted by Gasteiger charge is -2.19. The molecule has 2 aliphatic rings. The minimum atomic E-state index is -0.901. The van der Waals surface area contributed by atoms with E-state index in [1.165, 1.54) is 14.2 Å². The highest BCUT2D eigenvalue weighted by molar-refractivity contribution is 6.04. The molecule has 2 aliphatic heterocycles. The van der Waals surface area contributed by atoms with Crippen molar-refractivity contribution in [2.45, 2.75) is 140 Å². The fraction of sp³-hybridized carbons (Fsp3) is 0.381. The highest BCUT2D eigenvalue weighted by Gasteiger charge is 2.28. The molecule has 0 radical (unpaired) electrons. The standard InChI is InChI=1S/C84H106N16O10/c1-109-83(107)71(19-7-13-49-89)99-79(103)59-33-25-55(26-34-59)75-65-41-37-61(93-65)73(53-21-29-57(30-22-53)77(101)97-69(17-5-11-47-87)81(105)91-51-15-3-9-45-85)63-39-43-67(95-63)76(56-27-35-60(36-28-56)80(104)100-72(84(108)110-2)20-8-14-50-90)68-44-40-64(96-68)74(62-38-42-66(75)94-62)54-23-31-58(32-24-54)78(102)98-70(18-6-12-48-88)82(106)92-52-16-4-10-46-86/h21-44,69-72,93,96H,3-20,45-52,85-90H2,1-2H3,(H,91,105)(H,92,106)(H,97,101)(H,98,102)(H,99,103)(H,100,104)/t69-,70-,71-,72-/m0/s1. The number of esters is 2. The quantitative estimate of drug-likeness (QED) is 0.0125. The third-order valence-electron chi connectivity index (χ3n) is 19.5. The number of ether oxygens (including phenoxy) is 2. The molecule has 0 fully saturated rings. The second-order valence-electron chi connectivity index (χ2n) is 27.4. The van der Waals surface area contributed by atoms with E-state index in [0.717, 1.165) is 38.5 Å². The second-order valence-corrected chi connectivity index (χ2v) is 27.4. The van der Waals surface area contributed by atoms with Gasteiger partial charge in [0.05, 0.1) is 37.0 Å². The number of benzene rings is 4. The topological polar surface area (TPSA) is 441 Å². The predicted molar refractivity (Wildman–Crippen MR) is 433 cm³/mol. The van der Waals surface area contributed by atoms with E-state index in [0.29, 0.717) is 230 Å². The third kappa shape index (κ3) is 22.6. The lowest BCUT2D eigenvalue weighted by molar-refractivity contribution is -0.143. The maximum Gasteiger partial charge on any atom is 0.328 e. The van der Waals surface area contributed by atoms with Crippen molar-refractivity contribution in [1.82, 2.24) is 51.8 Å². The molecule has 20 N–H and O–H groups in total. The van der Waals surface area contributed by atoms with Crippen molar-refractivity contribution in [2.24, 2.45) is 34.4 Å². The Hall–Kier alpha value is -11.0. The maximum atomic E-state index is 14.3. The SMILES string of the molecule is COC(=O)[C@H](CCCCN)NC(=O)c1ccc(-c2c3nc(c(-c4ccc(C(=O)N[C@@H](CCCCN)C(=O)NCCCCCN)cc4)c4ccc([nH]4)c(-c4ccc(C(=O)N[C@@H](CCCCN)C(=O)OC)cc4)c4nc(c(-c5ccc(C(=O)N[C@@H](CCCCN)C(=O)NCCCCCN)cc5)c5ccc2[nH]5)C=C4)C=C3)cc1. The molecule has 26 nitrogen and oxygen atoms in total. The van der Waals surface area contributed by atoms with Crippen molar-refractivity contribution in [3.8, 4) is 44.5 Å². The van der Waals surface area contributed by atoms with Crippen molar-refractivity contribution >= 4 is 93.8 Å². The molecule has 7 aromatic rings. The zero-order valence-corrected chi connectivity index (χ0v) is 63.0. The number of H-pyrrole nitrogens is 2. The Morgan fingerprint density at radius 3 is 0.800 bits per heavy atom.